The lowest BCUT2D eigenvalue weighted by atomic mass is 9.63. The Balaban J connectivity index is 1.69. The first-order valence-electron chi connectivity index (χ1n) is 6.32. The highest BCUT2D eigenvalue weighted by Crippen LogP contribution is 2.48. The average Bonchev–Trinajstić information content (AvgIpc) is 2.15. The SMILES string of the molecule is NCCCN1C2CC3CC(C2)CC1C3. The summed E-state index contributed by atoms with van der Waals surface area (Å²) in [6, 6.07) is 1.88. The minimum absolute atomic E-state index is 0.864. The molecule has 0 atom stereocenters. The van der Waals surface area contributed by atoms with Crippen molar-refractivity contribution in [3.8, 4) is 0 Å². The van der Waals surface area contributed by atoms with Gasteiger partial charge in [-0.25, -0.2) is 0 Å². The Labute approximate surface area is 86.8 Å². The largest absolute Gasteiger partial charge is 0.330 e. The Kier molecular flexibility index (Phi) is 2.29. The first kappa shape index (κ1) is 9.17. The molecule has 0 aromatic carbocycles. The first-order valence-corrected chi connectivity index (χ1v) is 6.32. The molecule has 0 unspecified atom stereocenters. The van der Waals surface area contributed by atoms with Crippen LogP contribution in [0.4, 0.5) is 0 Å². The van der Waals surface area contributed by atoms with Crippen molar-refractivity contribution in [2.24, 2.45) is 17.6 Å². The fourth-order valence-corrected chi connectivity index (χ4v) is 4.26. The van der Waals surface area contributed by atoms with E-state index in [9.17, 15) is 0 Å². The van der Waals surface area contributed by atoms with Crippen molar-refractivity contribution in [3.63, 3.8) is 0 Å². The lowest BCUT2D eigenvalue weighted by Gasteiger charge is -2.56. The van der Waals surface area contributed by atoms with E-state index in [1.54, 1.807) is 6.42 Å². The average molecular weight is 194 g/mol. The van der Waals surface area contributed by atoms with Crippen LogP contribution in [0, 0.1) is 11.8 Å². The lowest BCUT2D eigenvalue weighted by molar-refractivity contribution is -0.0585. The van der Waals surface area contributed by atoms with Crippen LogP contribution in [0.2, 0.25) is 0 Å². The minimum atomic E-state index is 0.864. The van der Waals surface area contributed by atoms with Crippen LogP contribution in [-0.4, -0.2) is 30.1 Å². The zero-order chi connectivity index (χ0) is 9.54. The maximum Gasteiger partial charge on any atom is 0.0103 e. The highest BCUT2D eigenvalue weighted by Gasteiger charge is 2.46. The van der Waals surface area contributed by atoms with Crippen molar-refractivity contribution in [1.29, 1.82) is 0 Å². The van der Waals surface area contributed by atoms with Gasteiger partial charge in [0.25, 0.3) is 0 Å². The molecule has 2 aliphatic carbocycles. The molecule has 2 saturated heterocycles. The van der Waals surface area contributed by atoms with Crippen LogP contribution in [-0.2, 0) is 0 Å². The predicted molar refractivity (Wildman–Crippen MR) is 58.0 cm³/mol. The van der Waals surface area contributed by atoms with Crippen LogP contribution in [0.1, 0.15) is 38.5 Å². The van der Waals surface area contributed by atoms with E-state index < -0.39 is 0 Å². The molecule has 2 aliphatic heterocycles. The number of piperidine rings is 2. The molecule has 80 valence electrons. The van der Waals surface area contributed by atoms with Gasteiger partial charge in [-0.1, -0.05) is 0 Å². The van der Waals surface area contributed by atoms with E-state index in [1.165, 1.54) is 38.6 Å². The van der Waals surface area contributed by atoms with Gasteiger partial charge in [-0.15, -0.1) is 0 Å². The molecule has 0 aromatic rings. The summed E-state index contributed by atoms with van der Waals surface area (Å²) in [5.41, 5.74) is 5.61. The van der Waals surface area contributed by atoms with Gasteiger partial charge in [0.2, 0.25) is 0 Å². The van der Waals surface area contributed by atoms with Gasteiger partial charge >= 0.3 is 0 Å². The second-order valence-corrected chi connectivity index (χ2v) is 5.60. The fraction of sp³-hybridized carbons (Fsp3) is 1.00. The third kappa shape index (κ3) is 1.40. The van der Waals surface area contributed by atoms with Crippen molar-refractivity contribution in [2.75, 3.05) is 13.1 Å². The van der Waals surface area contributed by atoms with Gasteiger partial charge in [-0.05, 0) is 63.5 Å². The number of nitrogens with zero attached hydrogens (tertiary/aromatic N) is 1. The Morgan fingerprint density at radius 1 is 0.929 bits per heavy atom. The zero-order valence-corrected chi connectivity index (χ0v) is 8.99. The van der Waals surface area contributed by atoms with Gasteiger partial charge in [-0.3, -0.25) is 4.90 Å². The monoisotopic (exact) mass is 194 g/mol. The molecule has 4 rings (SSSR count). The van der Waals surface area contributed by atoms with E-state index in [0.29, 0.717) is 0 Å². The van der Waals surface area contributed by atoms with Gasteiger partial charge in [-0.2, -0.15) is 0 Å². The number of hydrogen-bond donors (Lipinski definition) is 1. The van der Waals surface area contributed by atoms with Crippen LogP contribution in [0.3, 0.4) is 0 Å². The Morgan fingerprint density at radius 3 is 2.00 bits per heavy atom. The second kappa shape index (κ2) is 3.49. The molecule has 0 spiro atoms. The predicted octanol–water partition coefficient (Wildman–Crippen LogP) is 1.60. The van der Waals surface area contributed by atoms with Gasteiger partial charge in [0.15, 0.2) is 0 Å². The molecule has 2 heterocycles. The zero-order valence-electron chi connectivity index (χ0n) is 8.99. The summed E-state index contributed by atoms with van der Waals surface area (Å²) in [5, 5.41) is 0. The Morgan fingerprint density at radius 2 is 1.50 bits per heavy atom. The molecule has 0 aromatic heterocycles. The standard InChI is InChI=1S/C12H22N2/c13-2-1-3-14-11-5-9-4-10(7-11)8-12(14)6-9/h9-12H,1-8,13H2. The van der Waals surface area contributed by atoms with Gasteiger partial charge in [0.1, 0.15) is 0 Å². The van der Waals surface area contributed by atoms with Crippen LogP contribution >= 0.6 is 0 Å². The normalized spacial score (nSPS) is 46.1. The van der Waals surface area contributed by atoms with Crippen LogP contribution < -0.4 is 5.73 Å². The molecular weight excluding hydrogens is 172 g/mol. The van der Waals surface area contributed by atoms with Crippen LogP contribution in [0.5, 0.6) is 0 Å². The van der Waals surface area contributed by atoms with E-state index in [2.05, 4.69) is 4.90 Å². The lowest BCUT2D eigenvalue weighted by Crippen LogP contribution is -2.58. The Bertz CT molecular complexity index is 186. The fourth-order valence-electron chi connectivity index (χ4n) is 4.26. The van der Waals surface area contributed by atoms with Crippen molar-refractivity contribution < 1.29 is 0 Å². The number of rotatable bonds is 3. The van der Waals surface area contributed by atoms with E-state index >= 15 is 0 Å². The number of nitrogens with two attached hydrogens (primary N) is 1. The first-order chi connectivity index (χ1) is 6.86. The van der Waals surface area contributed by atoms with Crippen molar-refractivity contribution in [3.05, 3.63) is 0 Å². The third-order valence-corrected chi connectivity index (χ3v) is 4.65. The summed E-state index contributed by atoms with van der Waals surface area (Å²) in [6.45, 7) is 2.13. The maximum absolute atomic E-state index is 5.61. The van der Waals surface area contributed by atoms with Crippen LogP contribution in [0.15, 0.2) is 0 Å². The molecule has 2 nitrogen and oxygen atoms in total. The molecule has 2 N–H and O–H groups in total. The van der Waals surface area contributed by atoms with E-state index in [1.807, 2.05) is 0 Å². The topological polar surface area (TPSA) is 29.3 Å². The smallest absolute Gasteiger partial charge is 0.0103 e. The molecule has 14 heavy (non-hydrogen) atoms. The summed E-state index contributed by atoms with van der Waals surface area (Å²) in [4.78, 5) is 2.79. The van der Waals surface area contributed by atoms with Crippen LogP contribution in [0.25, 0.3) is 0 Å². The summed E-state index contributed by atoms with van der Waals surface area (Å²) < 4.78 is 0. The highest BCUT2D eigenvalue weighted by molar-refractivity contribution is 5.00. The van der Waals surface area contributed by atoms with Crippen molar-refractivity contribution in [2.45, 2.75) is 50.6 Å². The van der Waals surface area contributed by atoms with Gasteiger partial charge in [0, 0.05) is 12.1 Å². The molecule has 0 amide bonds. The summed E-state index contributed by atoms with van der Waals surface area (Å²) in [6.07, 6.45) is 8.74. The van der Waals surface area contributed by atoms with Crippen molar-refractivity contribution >= 4 is 0 Å². The van der Waals surface area contributed by atoms with Gasteiger partial charge in [0.05, 0.1) is 0 Å². The molecule has 4 bridgehead atoms. The third-order valence-electron chi connectivity index (χ3n) is 4.65. The summed E-state index contributed by atoms with van der Waals surface area (Å²) in [7, 11) is 0. The summed E-state index contributed by atoms with van der Waals surface area (Å²) in [5.74, 6) is 2.18. The maximum atomic E-state index is 5.61. The Hall–Kier alpha value is -0.0800. The van der Waals surface area contributed by atoms with Gasteiger partial charge < -0.3 is 5.73 Å². The molecule has 0 radical (unpaired) electrons. The molecule has 2 saturated carbocycles. The van der Waals surface area contributed by atoms with E-state index in [-0.39, 0.29) is 0 Å². The molecule has 4 fully saturated rings. The van der Waals surface area contributed by atoms with E-state index in [0.717, 1.165) is 30.5 Å². The molecular formula is C12H22N2. The van der Waals surface area contributed by atoms with E-state index in [4.69, 9.17) is 5.73 Å². The summed E-state index contributed by atoms with van der Waals surface area (Å²) >= 11 is 0. The highest BCUT2D eigenvalue weighted by atomic mass is 15.2. The molecule has 2 heteroatoms. The second-order valence-electron chi connectivity index (χ2n) is 5.60. The molecule has 4 aliphatic rings. The minimum Gasteiger partial charge on any atom is -0.330 e. The quantitative estimate of drug-likeness (QED) is 0.739. The van der Waals surface area contributed by atoms with Crippen molar-refractivity contribution in [1.82, 2.24) is 4.90 Å². The number of hydrogen-bond acceptors (Lipinski definition) is 2.